The van der Waals surface area contributed by atoms with Gasteiger partial charge in [0.1, 0.15) is 0 Å². The molecule has 0 radical (unpaired) electrons. The zero-order valence-corrected chi connectivity index (χ0v) is 12.0. The highest BCUT2D eigenvalue weighted by Crippen LogP contribution is 2.38. The van der Waals surface area contributed by atoms with E-state index >= 15 is 0 Å². The normalized spacial score (nSPS) is 28.2. The summed E-state index contributed by atoms with van der Waals surface area (Å²) in [7, 11) is 1.98. The minimum atomic E-state index is 0.779. The minimum Gasteiger partial charge on any atom is -0.345 e. The van der Waals surface area contributed by atoms with Gasteiger partial charge in [0.2, 0.25) is 0 Å². The third-order valence-electron chi connectivity index (χ3n) is 4.39. The first-order valence-electron chi connectivity index (χ1n) is 7.24. The third kappa shape index (κ3) is 2.41. The molecule has 0 amide bonds. The molecule has 2 heterocycles. The summed E-state index contributed by atoms with van der Waals surface area (Å²) in [5.74, 6) is 0.934. The predicted octanol–water partition coefficient (Wildman–Crippen LogP) is 3.02. The summed E-state index contributed by atoms with van der Waals surface area (Å²) in [5.41, 5.74) is 1.19. The van der Waals surface area contributed by atoms with Gasteiger partial charge < -0.3 is 10.2 Å². The second-order valence-corrected chi connectivity index (χ2v) is 6.44. The Morgan fingerprint density at radius 2 is 2.17 bits per heavy atom. The van der Waals surface area contributed by atoms with E-state index in [9.17, 15) is 0 Å². The number of hydrogen-bond donors (Lipinski definition) is 1. The van der Waals surface area contributed by atoms with Crippen LogP contribution in [0.3, 0.4) is 0 Å². The van der Waals surface area contributed by atoms with Crippen molar-refractivity contribution in [3.63, 3.8) is 0 Å². The monoisotopic (exact) mass is 265 g/mol. The second-order valence-electron chi connectivity index (χ2n) is 5.60. The molecular weight excluding hydrogens is 242 g/mol. The summed E-state index contributed by atoms with van der Waals surface area (Å²) in [6, 6.07) is 0.779. The van der Waals surface area contributed by atoms with Crippen molar-refractivity contribution < 1.29 is 0 Å². The van der Waals surface area contributed by atoms with Crippen LogP contribution in [0.15, 0.2) is 5.38 Å². The quantitative estimate of drug-likeness (QED) is 0.910. The van der Waals surface area contributed by atoms with Gasteiger partial charge in [-0.2, -0.15) is 0 Å². The molecule has 1 aliphatic heterocycles. The van der Waals surface area contributed by atoms with Gasteiger partial charge >= 0.3 is 0 Å². The molecule has 100 valence electrons. The number of nitrogens with zero attached hydrogens (tertiary/aromatic N) is 2. The molecule has 1 saturated heterocycles. The van der Waals surface area contributed by atoms with Gasteiger partial charge in [-0.25, -0.2) is 4.98 Å². The first kappa shape index (κ1) is 12.4. The first-order chi connectivity index (χ1) is 8.88. The van der Waals surface area contributed by atoms with Crippen LogP contribution in [0, 0.1) is 5.92 Å². The van der Waals surface area contributed by atoms with Crippen LogP contribution in [-0.4, -0.2) is 24.6 Å². The number of thiazole rings is 1. The largest absolute Gasteiger partial charge is 0.345 e. The molecule has 2 unspecified atom stereocenters. The number of anilines is 1. The number of aromatic nitrogens is 1. The van der Waals surface area contributed by atoms with Gasteiger partial charge in [-0.3, -0.25) is 0 Å². The Balaban J connectivity index is 1.76. The van der Waals surface area contributed by atoms with Crippen LogP contribution in [0.4, 0.5) is 5.13 Å². The summed E-state index contributed by atoms with van der Waals surface area (Å²) >= 11 is 1.83. The van der Waals surface area contributed by atoms with E-state index in [4.69, 9.17) is 4.98 Å². The van der Waals surface area contributed by atoms with Gasteiger partial charge in [0.25, 0.3) is 0 Å². The summed E-state index contributed by atoms with van der Waals surface area (Å²) in [4.78, 5) is 7.40. The van der Waals surface area contributed by atoms with Crippen LogP contribution < -0.4 is 10.2 Å². The highest BCUT2D eigenvalue weighted by molar-refractivity contribution is 7.13. The molecule has 0 aromatic carbocycles. The smallest absolute Gasteiger partial charge is 0.185 e. The topological polar surface area (TPSA) is 28.2 Å². The Hall–Kier alpha value is -0.610. The molecule has 0 spiro atoms. The number of rotatable bonds is 3. The summed E-state index contributed by atoms with van der Waals surface area (Å²) in [5, 5.41) is 6.65. The summed E-state index contributed by atoms with van der Waals surface area (Å²) in [6.07, 6.45) is 8.46. The van der Waals surface area contributed by atoms with E-state index in [0.29, 0.717) is 0 Å². The maximum atomic E-state index is 4.80. The van der Waals surface area contributed by atoms with E-state index in [1.807, 2.05) is 18.4 Å². The molecule has 3 rings (SSSR count). The van der Waals surface area contributed by atoms with Crippen molar-refractivity contribution in [2.24, 2.45) is 5.92 Å². The van der Waals surface area contributed by atoms with Crippen LogP contribution in [0.25, 0.3) is 0 Å². The molecule has 1 aliphatic carbocycles. The van der Waals surface area contributed by atoms with Crippen molar-refractivity contribution in [3.05, 3.63) is 11.1 Å². The molecule has 1 saturated carbocycles. The van der Waals surface area contributed by atoms with Gasteiger partial charge in [0, 0.05) is 24.5 Å². The van der Waals surface area contributed by atoms with E-state index in [2.05, 4.69) is 15.6 Å². The average molecular weight is 265 g/mol. The van der Waals surface area contributed by atoms with Crippen LogP contribution in [0.1, 0.15) is 44.2 Å². The predicted molar refractivity (Wildman–Crippen MR) is 77.2 cm³/mol. The molecule has 18 heavy (non-hydrogen) atoms. The zero-order chi connectivity index (χ0) is 12.4. The molecule has 0 bridgehead atoms. The molecular formula is C14H23N3S. The Bertz CT molecular complexity index is 388. The van der Waals surface area contributed by atoms with Gasteiger partial charge in [-0.15, -0.1) is 11.3 Å². The lowest BCUT2D eigenvalue weighted by atomic mass is 9.78. The van der Waals surface area contributed by atoms with Crippen molar-refractivity contribution in [1.82, 2.24) is 10.3 Å². The molecule has 1 N–H and O–H groups in total. The van der Waals surface area contributed by atoms with E-state index < -0.39 is 0 Å². The van der Waals surface area contributed by atoms with Crippen molar-refractivity contribution >= 4 is 16.5 Å². The van der Waals surface area contributed by atoms with Gasteiger partial charge in [-0.05, 0) is 38.6 Å². The van der Waals surface area contributed by atoms with E-state index in [1.165, 1.54) is 55.9 Å². The van der Waals surface area contributed by atoms with E-state index in [-0.39, 0.29) is 0 Å². The first-order valence-corrected chi connectivity index (χ1v) is 8.12. The Morgan fingerprint density at radius 3 is 3.06 bits per heavy atom. The summed E-state index contributed by atoms with van der Waals surface area (Å²) in [6.45, 7) is 2.10. The van der Waals surface area contributed by atoms with E-state index in [1.54, 1.807) is 0 Å². The highest BCUT2D eigenvalue weighted by atomic mass is 32.1. The number of fused-ring (bicyclic) bond motifs is 1. The molecule has 4 heteroatoms. The van der Waals surface area contributed by atoms with Crippen molar-refractivity contribution in [1.29, 1.82) is 0 Å². The van der Waals surface area contributed by atoms with Gasteiger partial charge in [-0.1, -0.05) is 12.8 Å². The lowest BCUT2D eigenvalue weighted by Gasteiger charge is -2.44. The number of hydrogen-bond acceptors (Lipinski definition) is 4. The van der Waals surface area contributed by atoms with Crippen LogP contribution in [-0.2, 0) is 6.54 Å². The Morgan fingerprint density at radius 1 is 1.33 bits per heavy atom. The fraction of sp³-hybridized carbons (Fsp3) is 0.786. The van der Waals surface area contributed by atoms with Crippen molar-refractivity contribution in [3.8, 4) is 0 Å². The second kappa shape index (κ2) is 5.57. The molecule has 1 aromatic heterocycles. The fourth-order valence-electron chi connectivity index (χ4n) is 3.55. The van der Waals surface area contributed by atoms with Crippen LogP contribution >= 0.6 is 11.3 Å². The minimum absolute atomic E-state index is 0.779. The Labute approximate surface area is 114 Å². The lowest BCUT2D eigenvalue weighted by molar-refractivity contribution is 0.243. The number of nitrogens with one attached hydrogen (secondary N) is 1. The zero-order valence-electron chi connectivity index (χ0n) is 11.2. The number of piperidine rings is 1. The van der Waals surface area contributed by atoms with Crippen molar-refractivity contribution in [2.45, 2.75) is 51.1 Å². The van der Waals surface area contributed by atoms with Crippen LogP contribution in [0.2, 0.25) is 0 Å². The third-order valence-corrected chi connectivity index (χ3v) is 5.31. The molecule has 2 fully saturated rings. The Kier molecular flexibility index (Phi) is 3.85. The standard InChI is InChI=1S/C14H23N3S/c1-15-9-12-10-18-14(16-12)17-8-4-6-11-5-2-3-7-13(11)17/h10-11,13,15H,2-9H2,1H3. The van der Waals surface area contributed by atoms with Gasteiger partial charge in [0.05, 0.1) is 5.69 Å². The maximum Gasteiger partial charge on any atom is 0.185 e. The van der Waals surface area contributed by atoms with Gasteiger partial charge in [0.15, 0.2) is 5.13 Å². The van der Waals surface area contributed by atoms with Crippen LogP contribution in [0.5, 0.6) is 0 Å². The highest BCUT2D eigenvalue weighted by Gasteiger charge is 2.34. The lowest BCUT2D eigenvalue weighted by Crippen LogP contribution is -2.46. The van der Waals surface area contributed by atoms with Crippen molar-refractivity contribution in [2.75, 3.05) is 18.5 Å². The summed E-state index contributed by atoms with van der Waals surface area (Å²) < 4.78 is 0. The van der Waals surface area contributed by atoms with E-state index in [0.717, 1.165) is 18.5 Å². The average Bonchev–Trinajstić information content (AvgIpc) is 2.87. The molecule has 2 atom stereocenters. The molecule has 1 aromatic rings. The fourth-order valence-corrected chi connectivity index (χ4v) is 4.46. The molecule has 2 aliphatic rings. The molecule has 3 nitrogen and oxygen atoms in total. The SMILES string of the molecule is CNCc1csc(N2CCCC3CCCCC32)n1. The maximum absolute atomic E-state index is 4.80.